The van der Waals surface area contributed by atoms with Gasteiger partial charge in [0.1, 0.15) is 11.5 Å². The molecule has 1 aliphatic heterocycles. The number of aromatic nitrogens is 3. The summed E-state index contributed by atoms with van der Waals surface area (Å²) in [5.41, 5.74) is 1.95. The highest BCUT2D eigenvalue weighted by Gasteiger charge is 2.20. The van der Waals surface area contributed by atoms with Gasteiger partial charge >= 0.3 is 0 Å². The molecule has 4 heterocycles. The number of anilines is 1. The Bertz CT molecular complexity index is 1060. The number of piperidine rings is 1. The van der Waals surface area contributed by atoms with Gasteiger partial charge in [-0.05, 0) is 76.2 Å². The third-order valence-electron chi connectivity index (χ3n) is 5.81. The van der Waals surface area contributed by atoms with Crippen LogP contribution in [0.3, 0.4) is 0 Å². The molecule has 3 aromatic heterocycles. The zero-order valence-electron chi connectivity index (χ0n) is 17.9. The van der Waals surface area contributed by atoms with Gasteiger partial charge in [0.25, 0.3) is 0 Å². The van der Waals surface area contributed by atoms with Gasteiger partial charge in [0.05, 0.1) is 22.5 Å². The van der Waals surface area contributed by atoms with E-state index in [1.54, 1.807) is 17.5 Å². The molecule has 0 saturated carbocycles. The average Bonchev–Trinajstić information content (AvgIpc) is 3.13. The van der Waals surface area contributed by atoms with Crippen LogP contribution in [-0.2, 0) is 0 Å². The zero-order valence-corrected chi connectivity index (χ0v) is 18.8. The van der Waals surface area contributed by atoms with Gasteiger partial charge in [0.2, 0.25) is 5.95 Å². The molecule has 2 N–H and O–H groups in total. The van der Waals surface area contributed by atoms with E-state index in [2.05, 4.69) is 25.6 Å². The molecule has 1 saturated heterocycles. The number of hydrogen-bond donors (Lipinski definition) is 2. The summed E-state index contributed by atoms with van der Waals surface area (Å²) in [5.74, 6) is 0.761. The van der Waals surface area contributed by atoms with E-state index in [-0.39, 0.29) is 17.6 Å². The lowest BCUT2D eigenvalue weighted by atomic mass is 9.92. The Hall–Kier alpha value is -2.45. The number of pyridine rings is 1. The third kappa shape index (κ3) is 5.43. The standard InChI is InChI=1S/C23H28FN5OS/c1-14-10-19-22(31-14)21(20(30)5-3-4-16-6-8-25-9-7-16)29-23(28-19)27-15(2)17-11-18(24)13-26-12-17/h10-13,15-16,25H,3-9H2,1-2H3,(H,27,28,29)/t15-/m0/s1. The molecule has 1 fully saturated rings. The smallest absolute Gasteiger partial charge is 0.224 e. The number of aryl methyl sites for hydroxylation is 1. The first-order valence-electron chi connectivity index (χ1n) is 10.9. The van der Waals surface area contributed by atoms with Crippen molar-refractivity contribution in [3.05, 3.63) is 46.5 Å². The predicted octanol–water partition coefficient (Wildman–Crippen LogP) is 5.06. The van der Waals surface area contributed by atoms with E-state index in [0.29, 0.717) is 29.5 Å². The van der Waals surface area contributed by atoms with E-state index >= 15 is 0 Å². The van der Waals surface area contributed by atoms with Gasteiger partial charge in [-0.2, -0.15) is 0 Å². The molecular weight excluding hydrogens is 413 g/mol. The van der Waals surface area contributed by atoms with Crippen molar-refractivity contribution in [2.75, 3.05) is 18.4 Å². The number of rotatable bonds is 8. The Morgan fingerprint density at radius 2 is 2.10 bits per heavy atom. The number of hydrogen-bond acceptors (Lipinski definition) is 7. The van der Waals surface area contributed by atoms with Crippen LogP contribution in [0.15, 0.2) is 24.5 Å². The van der Waals surface area contributed by atoms with Crippen LogP contribution in [0.25, 0.3) is 10.2 Å². The van der Waals surface area contributed by atoms with Crippen molar-refractivity contribution in [2.45, 2.75) is 52.0 Å². The van der Waals surface area contributed by atoms with E-state index in [1.165, 1.54) is 25.1 Å². The summed E-state index contributed by atoms with van der Waals surface area (Å²) in [4.78, 5) is 27.3. The summed E-state index contributed by atoms with van der Waals surface area (Å²) in [5, 5.41) is 6.59. The molecule has 164 valence electrons. The van der Waals surface area contributed by atoms with Gasteiger partial charge < -0.3 is 10.6 Å². The second-order valence-electron chi connectivity index (χ2n) is 8.28. The fourth-order valence-corrected chi connectivity index (χ4v) is 5.04. The maximum Gasteiger partial charge on any atom is 0.224 e. The molecule has 1 atom stereocenters. The maximum absolute atomic E-state index is 13.5. The van der Waals surface area contributed by atoms with Gasteiger partial charge in [-0.1, -0.05) is 0 Å². The number of fused-ring (bicyclic) bond motifs is 1. The number of nitrogens with zero attached hydrogens (tertiary/aromatic N) is 3. The Balaban J connectivity index is 1.50. The number of thiophene rings is 1. The molecule has 8 heteroatoms. The summed E-state index contributed by atoms with van der Waals surface area (Å²) < 4.78 is 14.4. The molecule has 0 bridgehead atoms. The van der Waals surface area contributed by atoms with E-state index in [4.69, 9.17) is 0 Å². The van der Waals surface area contributed by atoms with Crippen LogP contribution in [0.4, 0.5) is 10.3 Å². The molecule has 0 aromatic carbocycles. The average molecular weight is 442 g/mol. The van der Waals surface area contributed by atoms with E-state index in [0.717, 1.165) is 41.0 Å². The SMILES string of the molecule is Cc1cc2nc(N[C@@H](C)c3cncc(F)c3)nc(C(=O)CCCC3CCNCC3)c2s1. The minimum atomic E-state index is -0.388. The van der Waals surface area contributed by atoms with Gasteiger partial charge in [0.15, 0.2) is 5.78 Å². The number of carbonyl (C=O) groups excluding carboxylic acids is 1. The van der Waals surface area contributed by atoms with E-state index in [1.807, 2.05) is 19.9 Å². The highest BCUT2D eigenvalue weighted by Crippen LogP contribution is 2.30. The molecule has 1 aliphatic rings. The molecule has 4 rings (SSSR count). The Morgan fingerprint density at radius 1 is 1.29 bits per heavy atom. The van der Waals surface area contributed by atoms with Gasteiger partial charge in [0, 0.05) is 17.5 Å². The molecule has 0 spiro atoms. The zero-order chi connectivity index (χ0) is 21.8. The van der Waals surface area contributed by atoms with Crippen molar-refractivity contribution in [3.8, 4) is 0 Å². The normalized spacial score (nSPS) is 15.8. The monoisotopic (exact) mass is 441 g/mol. The Kier molecular flexibility index (Phi) is 6.87. The summed E-state index contributed by atoms with van der Waals surface area (Å²) in [6.07, 6.45) is 7.63. The first-order chi connectivity index (χ1) is 15.0. The third-order valence-corrected chi connectivity index (χ3v) is 6.85. The minimum Gasteiger partial charge on any atom is -0.348 e. The fraction of sp³-hybridized carbons (Fsp3) is 0.478. The molecule has 6 nitrogen and oxygen atoms in total. The highest BCUT2D eigenvalue weighted by molar-refractivity contribution is 7.19. The lowest BCUT2D eigenvalue weighted by Gasteiger charge is -2.22. The summed E-state index contributed by atoms with van der Waals surface area (Å²) in [6.45, 7) is 6.05. The quantitative estimate of drug-likeness (QED) is 0.476. The largest absolute Gasteiger partial charge is 0.348 e. The van der Waals surface area contributed by atoms with Crippen molar-refractivity contribution >= 4 is 33.3 Å². The van der Waals surface area contributed by atoms with Crippen LogP contribution in [0, 0.1) is 18.7 Å². The first-order valence-corrected chi connectivity index (χ1v) is 11.7. The fourth-order valence-electron chi connectivity index (χ4n) is 4.08. The number of Topliss-reactive ketones (excluding diaryl/α,β-unsaturated/α-hetero) is 1. The predicted molar refractivity (Wildman–Crippen MR) is 122 cm³/mol. The van der Waals surface area contributed by atoms with Gasteiger partial charge in [-0.25, -0.2) is 14.4 Å². The topological polar surface area (TPSA) is 79.8 Å². The highest BCUT2D eigenvalue weighted by atomic mass is 32.1. The van der Waals surface area contributed by atoms with Crippen LogP contribution in [-0.4, -0.2) is 33.8 Å². The van der Waals surface area contributed by atoms with Crippen LogP contribution in [0.1, 0.15) is 66.0 Å². The molecule has 3 aromatic rings. The lowest BCUT2D eigenvalue weighted by molar-refractivity contribution is 0.0974. The van der Waals surface area contributed by atoms with Crippen molar-refractivity contribution < 1.29 is 9.18 Å². The van der Waals surface area contributed by atoms with Crippen LogP contribution in [0.2, 0.25) is 0 Å². The molecule has 0 aliphatic carbocycles. The van der Waals surface area contributed by atoms with Crippen molar-refractivity contribution in [1.82, 2.24) is 20.3 Å². The van der Waals surface area contributed by atoms with Crippen LogP contribution in [0.5, 0.6) is 0 Å². The Morgan fingerprint density at radius 3 is 2.87 bits per heavy atom. The molecule has 0 radical (unpaired) electrons. The van der Waals surface area contributed by atoms with Crippen molar-refractivity contribution in [2.24, 2.45) is 5.92 Å². The Labute approximate surface area is 185 Å². The second-order valence-corrected chi connectivity index (χ2v) is 9.53. The summed E-state index contributed by atoms with van der Waals surface area (Å²) in [7, 11) is 0. The molecule has 31 heavy (non-hydrogen) atoms. The second kappa shape index (κ2) is 9.78. The van der Waals surface area contributed by atoms with Crippen molar-refractivity contribution in [3.63, 3.8) is 0 Å². The molecule has 0 unspecified atom stereocenters. The van der Waals surface area contributed by atoms with Crippen LogP contribution < -0.4 is 10.6 Å². The first kappa shape index (κ1) is 21.8. The summed E-state index contributed by atoms with van der Waals surface area (Å²) >= 11 is 1.55. The van der Waals surface area contributed by atoms with Gasteiger partial charge in [-0.3, -0.25) is 9.78 Å². The van der Waals surface area contributed by atoms with Gasteiger partial charge in [-0.15, -0.1) is 11.3 Å². The lowest BCUT2D eigenvalue weighted by Crippen LogP contribution is -2.27. The molecular formula is C23H28FN5OS. The molecule has 0 amide bonds. The number of carbonyl (C=O) groups is 1. The van der Waals surface area contributed by atoms with E-state index < -0.39 is 0 Å². The van der Waals surface area contributed by atoms with Crippen molar-refractivity contribution in [1.29, 1.82) is 0 Å². The summed E-state index contributed by atoms with van der Waals surface area (Å²) in [6, 6.07) is 3.17. The number of halogens is 1. The maximum atomic E-state index is 13.5. The number of ketones is 1. The van der Waals surface area contributed by atoms with E-state index in [9.17, 15) is 9.18 Å². The number of nitrogens with one attached hydrogen (secondary N) is 2. The van der Waals surface area contributed by atoms with Crippen LogP contribution >= 0.6 is 11.3 Å². The minimum absolute atomic E-state index is 0.0614.